The molecule has 0 aromatic carbocycles. The average molecular weight is 308 g/mol. The molecule has 0 saturated heterocycles. The predicted molar refractivity (Wildman–Crippen MR) is 75.1 cm³/mol. The second-order valence-electron chi connectivity index (χ2n) is 5.20. The van der Waals surface area contributed by atoms with E-state index in [0.29, 0.717) is 12.3 Å². The van der Waals surface area contributed by atoms with Gasteiger partial charge in [-0.25, -0.2) is 9.79 Å². The normalized spacial score (nSPS) is 23.9. The molecule has 0 radical (unpaired) electrons. The molecule has 108 valence electrons. The molecule has 0 saturated carbocycles. The first-order valence-corrected chi connectivity index (χ1v) is 7.62. The van der Waals surface area contributed by atoms with Crippen LogP contribution in [0.15, 0.2) is 4.99 Å². The van der Waals surface area contributed by atoms with E-state index in [0.717, 1.165) is 12.2 Å². The molecular formula is C13H21N2NaO3S. The van der Waals surface area contributed by atoms with E-state index < -0.39 is 23.3 Å². The molecule has 1 aliphatic heterocycles. The zero-order valence-electron chi connectivity index (χ0n) is 12.9. The van der Waals surface area contributed by atoms with Crippen molar-refractivity contribution in [2.45, 2.75) is 45.8 Å². The van der Waals surface area contributed by atoms with Crippen LogP contribution in [0.2, 0.25) is 0 Å². The smallest absolute Gasteiger partial charge is 0.861 e. The summed E-state index contributed by atoms with van der Waals surface area (Å²) >= 11 is 1.59. The van der Waals surface area contributed by atoms with Gasteiger partial charge in [0.15, 0.2) is 0 Å². The van der Waals surface area contributed by atoms with Crippen molar-refractivity contribution in [3.8, 4) is 0 Å². The Morgan fingerprint density at radius 3 is 2.40 bits per heavy atom. The van der Waals surface area contributed by atoms with Crippen LogP contribution in [0.3, 0.4) is 0 Å². The van der Waals surface area contributed by atoms with E-state index in [4.69, 9.17) is 0 Å². The number of nitrogens with zero attached hydrogens (tertiary/aromatic N) is 1. The molecule has 1 rings (SSSR count). The summed E-state index contributed by atoms with van der Waals surface area (Å²) in [6.07, 6.45) is 1.38. The number of carbonyl (C=O) groups is 2. The summed E-state index contributed by atoms with van der Waals surface area (Å²) in [5.41, 5.74) is -1.20. The number of urea groups is 1. The Kier molecular flexibility index (Phi) is 8.40. The van der Waals surface area contributed by atoms with Gasteiger partial charge in [0, 0.05) is 5.25 Å². The van der Waals surface area contributed by atoms with E-state index in [1.165, 1.54) is 0 Å². The third kappa shape index (κ3) is 4.23. The van der Waals surface area contributed by atoms with Gasteiger partial charge in [-0.15, -0.1) is 0 Å². The fourth-order valence-electron chi connectivity index (χ4n) is 2.11. The molecular weight excluding hydrogens is 287 g/mol. The van der Waals surface area contributed by atoms with Crippen LogP contribution in [0, 0.1) is 11.3 Å². The van der Waals surface area contributed by atoms with Crippen LogP contribution in [0.1, 0.15) is 40.5 Å². The van der Waals surface area contributed by atoms with Crippen LogP contribution in [0.5, 0.6) is 0 Å². The number of carbonyl (C=O) groups excluding carboxylic acids is 2. The van der Waals surface area contributed by atoms with Crippen LogP contribution in [0.25, 0.3) is 0 Å². The van der Waals surface area contributed by atoms with Crippen molar-refractivity contribution < 1.29 is 44.3 Å². The monoisotopic (exact) mass is 308 g/mol. The minimum atomic E-state index is -1.20. The molecule has 0 aromatic rings. The molecule has 2 unspecified atom stereocenters. The van der Waals surface area contributed by atoms with Crippen molar-refractivity contribution in [2.75, 3.05) is 5.75 Å². The molecule has 5 nitrogen and oxygen atoms in total. The van der Waals surface area contributed by atoms with Gasteiger partial charge < -0.3 is 5.11 Å². The van der Waals surface area contributed by atoms with E-state index in [1.54, 1.807) is 18.7 Å². The minimum absolute atomic E-state index is 0. The Balaban J connectivity index is 0.00000361. The van der Waals surface area contributed by atoms with E-state index in [9.17, 15) is 14.7 Å². The standard InChI is InChI=1S/C13H22N2O3S.Na/c1-5-13(9(4)19-7-6-8(2)3)10(16)14-12(18)15-11(13)17;/h8-9H,5-7H2,1-4H3,(H2,14,15,16,17,18);/q;+1/p-1. The van der Waals surface area contributed by atoms with Gasteiger partial charge >= 0.3 is 35.6 Å². The predicted octanol–water partition coefficient (Wildman–Crippen LogP) is -1.44. The second-order valence-corrected chi connectivity index (χ2v) is 6.65. The van der Waals surface area contributed by atoms with Gasteiger partial charge in [-0.3, -0.25) is 10.1 Å². The zero-order valence-corrected chi connectivity index (χ0v) is 15.7. The SMILES string of the molecule is CCC1(C(C)SCCC(C)C)C(=O)NC(=O)N=C1[O-].[Na+]. The van der Waals surface area contributed by atoms with Gasteiger partial charge in [0.05, 0.1) is 5.41 Å². The third-order valence-electron chi connectivity index (χ3n) is 3.53. The zero-order chi connectivity index (χ0) is 14.6. The average Bonchev–Trinajstić information content (AvgIpc) is 2.28. The largest absolute Gasteiger partial charge is 1.00 e. The molecule has 3 amide bonds. The fraction of sp³-hybridized carbons (Fsp3) is 0.769. The maximum absolute atomic E-state index is 12.1. The second kappa shape index (κ2) is 8.41. The Hall–Kier alpha value is -0.0400. The quantitative estimate of drug-likeness (QED) is 0.610. The summed E-state index contributed by atoms with van der Waals surface area (Å²) in [5.74, 6) is 0.354. The van der Waals surface area contributed by atoms with Gasteiger partial charge in [-0.1, -0.05) is 27.7 Å². The Bertz CT molecular complexity index is 401. The summed E-state index contributed by atoms with van der Waals surface area (Å²) in [6, 6.07) is -0.849. The number of amides is 3. The maximum Gasteiger partial charge on any atom is 1.00 e. The minimum Gasteiger partial charge on any atom is -0.861 e. The molecule has 0 bridgehead atoms. The van der Waals surface area contributed by atoms with E-state index in [-0.39, 0.29) is 34.8 Å². The molecule has 0 aliphatic carbocycles. The van der Waals surface area contributed by atoms with Crippen LogP contribution in [-0.4, -0.2) is 28.8 Å². The molecule has 0 spiro atoms. The molecule has 20 heavy (non-hydrogen) atoms. The van der Waals surface area contributed by atoms with E-state index >= 15 is 0 Å². The molecule has 0 fully saturated rings. The van der Waals surface area contributed by atoms with Gasteiger partial charge in [-0.2, -0.15) is 11.8 Å². The molecule has 1 N–H and O–H groups in total. The number of thioether (sulfide) groups is 1. The first-order chi connectivity index (χ1) is 8.84. The van der Waals surface area contributed by atoms with Crippen molar-refractivity contribution in [2.24, 2.45) is 16.3 Å². The van der Waals surface area contributed by atoms with Gasteiger partial charge in [0.1, 0.15) is 0 Å². The van der Waals surface area contributed by atoms with Crippen molar-refractivity contribution in [1.29, 1.82) is 0 Å². The molecule has 7 heteroatoms. The van der Waals surface area contributed by atoms with Crippen molar-refractivity contribution in [1.82, 2.24) is 5.32 Å². The Labute approximate surface area is 146 Å². The maximum atomic E-state index is 12.1. The molecule has 1 aliphatic rings. The molecule has 2 atom stereocenters. The summed E-state index contributed by atoms with van der Waals surface area (Å²) in [5, 5.41) is 14.0. The van der Waals surface area contributed by atoms with E-state index in [1.807, 2.05) is 6.92 Å². The van der Waals surface area contributed by atoms with Crippen LogP contribution < -0.4 is 40.0 Å². The van der Waals surface area contributed by atoms with Crippen molar-refractivity contribution >= 4 is 29.6 Å². The topological polar surface area (TPSA) is 81.6 Å². The summed E-state index contributed by atoms with van der Waals surface area (Å²) < 4.78 is 0. The van der Waals surface area contributed by atoms with Crippen LogP contribution in [0.4, 0.5) is 4.79 Å². The van der Waals surface area contributed by atoms with Gasteiger partial charge in [0.2, 0.25) is 5.91 Å². The Morgan fingerprint density at radius 1 is 1.35 bits per heavy atom. The summed E-state index contributed by atoms with van der Waals surface area (Å²) in [6.45, 7) is 7.90. The fourth-order valence-corrected chi connectivity index (χ4v) is 3.73. The number of rotatable bonds is 6. The number of aliphatic imine (C=N–C) groups is 1. The van der Waals surface area contributed by atoms with Crippen molar-refractivity contribution in [3.05, 3.63) is 0 Å². The number of hydrogen-bond donors (Lipinski definition) is 1. The third-order valence-corrected chi connectivity index (χ3v) is 4.90. The van der Waals surface area contributed by atoms with Crippen LogP contribution in [-0.2, 0) is 4.79 Å². The Morgan fingerprint density at radius 2 is 1.95 bits per heavy atom. The number of hydrogen-bond acceptors (Lipinski definition) is 4. The van der Waals surface area contributed by atoms with Crippen LogP contribution >= 0.6 is 11.8 Å². The summed E-state index contributed by atoms with van der Waals surface area (Å²) in [4.78, 5) is 26.6. The molecule has 1 heterocycles. The first kappa shape index (κ1) is 20.0. The van der Waals surface area contributed by atoms with E-state index in [2.05, 4.69) is 24.2 Å². The summed E-state index contributed by atoms with van der Waals surface area (Å²) in [7, 11) is 0. The molecule has 0 aromatic heterocycles. The van der Waals surface area contributed by atoms with Gasteiger partial charge in [-0.05, 0) is 30.4 Å². The first-order valence-electron chi connectivity index (χ1n) is 6.57. The van der Waals surface area contributed by atoms with Gasteiger partial charge in [0.25, 0.3) is 0 Å². The van der Waals surface area contributed by atoms with Crippen molar-refractivity contribution in [3.63, 3.8) is 0 Å². The number of nitrogens with one attached hydrogen (secondary N) is 1. The number of imide groups is 1.